The van der Waals surface area contributed by atoms with E-state index in [2.05, 4.69) is 15.4 Å². The second-order valence-electron chi connectivity index (χ2n) is 7.15. The number of hydrogen-bond acceptors (Lipinski definition) is 6. The average Bonchev–Trinajstić information content (AvgIpc) is 3.23. The highest BCUT2D eigenvalue weighted by atomic mass is 16.6. The molecule has 2 aromatic heterocycles. The Morgan fingerprint density at radius 3 is 2.59 bits per heavy atom. The zero-order chi connectivity index (χ0) is 19.8. The van der Waals surface area contributed by atoms with Crippen molar-refractivity contribution >= 4 is 22.8 Å². The van der Waals surface area contributed by atoms with Crippen LogP contribution in [0.1, 0.15) is 37.0 Å². The minimum absolute atomic E-state index is 0.196. The number of nitro groups is 1. The molecule has 1 aromatic carbocycles. The van der Waals surface area contributed by atoms with Crippen molar-refractivity contribution in [1.82, 2.24) is 19.3 Å². The first-order valence-corrected chi connectivity index (χ1v) is 8.29. The molecule has 0 bridgehead atoms. The number of nitrogens with one attached hydrogen (secondary N) is 1. The molecule has 9 nitrogen and oxygen atoms in total. The van der Waals surface area contributed by atoms with Crippen LogP contribution in [-0.2, 0) is 12.6 Å². The van der Waals surface area contributed by atoms with Crippen LogP contribution < -0.4 is 5.32 Å². The Labute approximate surface area is 155 Å². The molecule has 2 heterocycles. The van der Waals surface area contributed by atoms with Crippen molar-refractivity contribution < 1.29 is 9.72 Å². The van der Waals surface area contributed by atoms with Crippen molar-refractivity contribution in [3.63, 3.8) is 0 Å². The fourth-order valence-corrected chi connectivity index (χ4v) is 2.55. The molecule has 0 radical (unpaired) electrons. The smallest absolute Gasteiger partial charge is 0.293 e. The van der Waals surface area contributed by atoms with Crippen LogP contribution in [0.15, 0.2) is 43.0 Å². The number of hydrogen-bond donors (Lipinski definition) is 1. The third kappa shape index (κ3) is 3.71. The van der Waals surface area contributed by atoms with Crippen molar-refractivity contribution in [2.24, 2.45) is 7.05 Å². The fourth-order valence-electron chi connectivity index (χ4n) is 2.55. The quantitative estimate of drug-likeness (QED) is 0.421. The Morgan fingerprint density at radius 2 is 2.04 bits per heavy atom. The first-order chi connectivity index (χ1) is 12.7. The van der Waals surface area contributed by atoms with E-state index in [-0.39, 0.29) is 34.1 Å². The molecule has 0 aliphatic carbocycles. The van der Waals surface area contributed by atoms with Crippen molar-refractivity contribution in [2.45, 2.75) is 26.3 Å². The number of rotatable bonds is 5. The van der Waals surface area contributed by atoms with Crippen LogP contribution in [0.2, 0.25) is 0 Å². The van der Waals surface area contributed by atoms with Crippen LogP contribution >= 0.6 is 0 Å². The summed E-state index contributed by atoms with van der Waals surface area (Å²) in [5, 5.41) is 18.8. The van der Waals surface area contributed by atoms with E-state index in [0.29, 0.717) is 5.69 Å². The number of benzene rings is 1. The lowest BCUT2D eigenvalue weighted by Crippen LogP contribution is -2.21. The maximum Gasteiger partial charge on any atom is 0.293 e. The minimum atomic E-state index is -0.522. The summed E-state index contributed by atoms with van der Waals surface area (Å²) in [4.78, 5) is 27.5. The molecule has 0 saturated heterocycles. The number of carbonyl (C=O) groups excluding carboxylic acids is 1. The maximum absolute atomic E-state index is 12.5. The first kappa shape index (κ1) is 18.3. The van der Waals surface area contributed by atoms with Crippen LogP contribution in [-0.4, -0.2) is 30.0 Å². The Balaban J connectivity index is 1.93. The molecule has 0 atom stereocenters. The van der Waals surface area contributed by atoms with E-state index < -0.39 is 4.92 Å². The van der Waals surface area contributed by atoms with E-state index in [4.69, 9.17) is 0 Å². The van der Waals surface area contributed by atoms with Crippen LogP contribution in [0.4, 0.5) is 17.1 Å². The Kier molecular flexibility index (Phi) is 4.52. The molecule has 3 rings (SSSR count). The molecule has 3 aromatic rings. The van der Waals surface area contributed by atoms with Gasteiger partial charge in [-0.15, -0.1) is 0 Å². The van der Waals surface area contributed by atoms with Gasteiger partial charge in [-0.05, 0) is 32.9 Å². The molecule has 0 unspecified atom stereocenters. The van der Waals surface area contributed by atoms with E-state index in [9.17, 15) is 14.9 Å². The highest BCUT2D eigenvalue weighted by Crippen LogP contribution is 2.30. The maximum atomic E-state index is 12.5. The number of aryl methyl sites for hydroxylation is 1. The van der Waals surface area contributed by atoms with Crippen LogP contribution in [0.5, 0.6) is 0 Å². The van der Waals surface area contributed by atoms with Gasteiger partial charge >= 0.3 is 0 Å². The topological polar surface area (TPSA) is 108 Å². The number of nitrogens with zero attached hydrogens (tertiary/aromatic N) is 5. The van der Waals surface area contributed by atoms with E-state index in [1.54, 1.807) is 41.0 Å². The lowest BCUT2D eigenvalue weighted by molar-refractivity contribution is -0.383. The molecule has 9 heteroatoms. The van der Waals surface area contributed by atoms with Gasteiger partial charge in [-0.3, -0.25) is 19.6 Å². The van der Waals surface area contributed by atoms with Gasteiger partial charge in [-0.2, -0.15) is 5.10 Å². The second-order valence-corrected chi connectivity index (χ2v) is 7.15. The average molecular weight is 368 g/mol. The molecule has 140 valence electrons. The second kappa shape index (κ2) is 6.67. The lowest BCUT2D eigenvalue weighted by Gasteiger charge is -2.18. The number of ketones is 1. The predicted octanol–water partition coefficient (Wildman–Crippen LogP) is 3.25. The number of nitro benzene ring substituents is 1. The minimum Gasteiger partial charge on any atom is -0.347 e. The van der Waals surface area contributed by atoms with E-state index in [1.165, 1.54) is 18.3 Å². The SMILES string of the molecule is Cn1ccnc1C(=O)c1ccc(Nc2cnn(C(C)(C)C)c2)c([N+](=O)[O-])c1. The molecule has 0 aliphatic heterocycles. The standard InChI is InChI=1S/C18H20N6O3/c1-18(2,3)23-11-13(10-20-23)21-14-6-5-12(9-15(14)24(26)27)16(25)17-19-7-8-22(17)4/h5-11,21H,1-4H3. The molecule has 0 amide bonds. The van der Waals surface area contributed by atoms with Crippen LogP contribution in [0, 0.1) is 10.1 Å². The van der Waals surface area contributed by atoms with Gasteiger partial charge in [0.25, 0.3) is 5.69 Å². The third-order valence-electron chi connectivity index (χ3n) is 4.03. The van der Waals surface area contributed by atoms with Crippen LogP contribution in [0.3, 0.4) is 0 Å². The molecule has 0 spiro atoms. The molecule has 1 N–H and O–H groups in total. The largest absolute Gasteiger partial charge is 0.347 e. The first-order valence-electron chi connectivity index (χ1n) is 8.29. The molecule has 27 heavy (non-hydrogen) atoms. The van der Waals surface area contributed by atoms with E-state index in [0.717, 1.165) is 0 Å². The zero-order valence-electron chi connectivity index (χ0n) is 15.5. The Hall–Kier alpha value is -3.49. The zero-order valence-corrected chi connectivity index (χ0v) is 15.5. The van der Waals surface area contributed by atoms with Gasteiger partial charge in [-0.1, -0.05) is 0 Å². The summed E-state index contributed by atoms with van der Waals surface area (Å²) >= 11 is 0. The summed E-state index contributed by atoms with van der Waals surface area (Å²) in [5.41, 5.74) is 0.705. The van der Waals surface area contributed by atoms with Crippen LogP contribution in [0.25, 0.3) is 0 Å². The summed E-state index contributed by atoms with van der Waals surface area (Å²) in [7, 11) is 1.69. The summed E-state index contributed by atoms with van der Waals surface area (Å²) in [5.74, 6) is -0.158. The predicted molar refractivity (Wildman–Crippen MR) is 100 cm³/mol. The number of aromatic nitrogens is 4. The van der Waals surface area contributed by atoms with E-state index in [1.807, 2.05) is 20.8 Å². The molecule has 0 saturated carbocycles. The highest BCUT2D eigenvalue weighted by Gasteiger charge is 2.21. The summed E-state index contributed by atoms with van der Waals surface area (Å²) in [6.45, 7) is 6.01. The third-order valence-corrected chi connectivity index (χ3v) is 4.03. The van der Waals surface area contributed by atoms with Crippen molar-refractivity contribution in [1.29, 1.82) is 0 Å². The Morgan fingerprint density at radius 1 is 1.30 bits per heavy atom. The Bertz CT molecular complexity index is 1010. The summed E-state index contributed by atoms with van der Waals surface area (Å²) < 4.78 is 3.33. The lowest BCUT2D eigenvalue weighted by atomic mass is 10.1. The fraction of sp³-hybridized carbons (Fsp3) is 0.278. The molecular weight excluding hydrogens is 348 g/mol. The highest BCUT2D eigenvalue weighted by molar-refractivity contribution is 6.07. The van der Waals surface area contributed by atoms with Crippen molar-refractivity contribution in [3.05, 3.63) is 64.5 Å². The molecule has 0 fully saturated rings. The van der Waals surface area contributed by atoms with Gasteiger partial charge < -0.3 is 9.88 Å². The normalized spacial score (nSPS) is 11.4. The number of imidazole rings is 1. The molecular formula is C18H20N6O3. The number of anilines is 2. The van der Waals surface area contributed by atoms with Gasteiger partial charge in [0.1, 0.15) is 5.69 Å². The van der Waals surface area contributed by atoms with Gasteiger partial charge in [0.15, 0.2) is 5.82 Å². The van der Waals surface area contributed by atoms with Gasteiger partial charge in [-0.25, -0.2) is 4.98 Å². The van der Waals surface area contributed by atoms with E-state index >= 15 is 0 Å². The summed E-state index contributed by atoms with van der Waals surface area (Å²) in [6, 6.07) is 4.32. The monoisotopic (exact) mass is 368 g/mol. The van der Waals surface area contributed by atoms with Crippen molar-refractivity contribution in [2.75, 3.05) is 5.32 Å². The van der Waals surface area contributed by atoms with Crippen molar-refractivity contribution in [3.8, 4) is 0 Å². The summed E-state index contributed by atoms with van der Waals surface area (Å²) in [6.07, 6.45) is 6.52. The van der Waals surface area contributed by atoms with Gasteiger partial charge in [0, 0.05) is 37.3 Å². The van der Waals surface area contributed by atoms with Gasteiger partial charge in [0.05, 0.1) is 22.3 Å². The van der Waals surface area contributed by atoms with Gasteiger partial charge in [0.2, 0.25) is 5.78 Å². The number of carbonyl (C=O) groups is 1. The molecule has 0 aliphatic rings.